The van der Waals surface area contributed by atoms with Gasteiger partial charge in [-0.25, -0.2) is 4.98 Å². The van der Waals surface area contributed by atoms with E-state index in [0.717, 1.165) is 42.9 Å². The minimum absolute atomic E-state index is 0.602. The highest BCUT2D eigenvalue weighted by molar-refractivity contribution is 5.43. The third-order valence-corrected chi connectivity index (χ3v) is 4.56. The van der Waals surface area contributed by atoms with Gasteiger partial charge >= 0.3 is 0 Å². The van der Waals surface area contributed by atoms with Crippen molar-refractivity contribution >= 4 is 5.82 Å². The first-order chi connectivity index (χ1) is 9.63. The fourth-order valence-electron chi connectivity index (χ4n) is 3.11. The number of aryl methyl sites for hydroxylation is 1. The van der Waals surface area contributed by atoms with E-state index in [0.29, 0.717) is 6.54 Å². The zero-order valence-electron chi connectivity index (χ0n) is 13.2. The highest BCUT2D eigenvalue weighted by Crippen LogP contribution is 2.27. The van der Waals surface area contributed by atoms with Gasteiger partial charge in [0.25, 0.3) is 0 Å². The zero-order chi connectivity index (χ0) is 14.5. The van der Waals surface area contributed by atoms with E-state index in [1.807, 2.05) is 0 Å². The van der Waals surface area contributed by atoms with Crippen LogP contribution in [0.3, 0.4) is 0 Å². The fourth-order valence-corrected chi connectivity index (χ4v) is 3.11. The molecule has 0 spiro atoms. The molecule has 2 heterocycles. The number of anilines is 1. The van der Waals surface area contributed by atoms with Gasteiger partial charge in [0.2, 0.25) is 0 Å². The van der Waals surface area contributed by atoms with Gasteiger partial charge < -0.3 is 10.6 Å². The first-order valence-electron chi connectivity index (χ1n) is 8.08. The average molecular weight is 275 g/mol. The number of rotatable bonds is 4. The summed E-state index contributed by atoms with van der Waals surface area (Å²) in [6.45, 7) is 9.72. The van der Waals surface area contributed by atoms with Crippen molar-refractivity contribution in [1.82, 2.24) is 4.98 Å². The highest BCUT2D eigenvalue weighted by atomic mass is 15.2. The third kappa shape index (κ3) is 3.72. The van der Waals surface area contributed by atoms with Crippen LogP contribution in [0.25, 0.3) is 0 Å². The Labute approximate surface area is 123 Å². The molecule has 3 nitrogen and oxygen atoms in total. The van der Waals surface area contributed by atoms with Gasteiger partial charge in [-0.1, -0.05) is 20.8 Å². The van der Waals surface area contributed by atoms with Crippen molar-refractivity contribution in [3.63, 3.8) is 0 Å². The highest BCUT2D eigenvalue weighted by Gasteiger charge is 2.20. The lowest BCUT2D eigenvalue weighted by Crippen LogP contribution is -2.26. The van der Waals surface area contributed by atoms with Crippen molar-refractivity contribution in [2.24, 2.45) is 17.6 Å². The van der Waals surface area contributed by atoms with Crippen molar-refractivity contribution < 1.29 is 0 Å². The lowest BCUT2D eigenvalue weighted by atomic mass is 9.89. The molecule has 1 aromatic heterocycles. The SMILES string of the molecule is CCc1cc(CN)cc(N2CCCC(C(C)C)CC2)n1. The summed E-state index contributed by atoms with van der Waals surface area (Å²) in [6.07, 6.45) is 4.89. The molecule has 112 valence electrons. The molecule has 2 rings (SSSR count). The van der Waals surface area contributed by atoms with E-state index in [2.05, 4.69) is 37.8 Å². The van der Waals surface area contributed by atoms with Gasteiger partial charge in [-0.15, -0.1) is 0 Å². The molecule has 0 bridgehead atoms. The first-order valence-corrected chi connectivity index (χ1v) is 8.08. The Balaban J connectivity index is 2.14. The molecule has 0 aromatic carbocycles. The predicted octanol–water partition coefficient (Wildman–Crippen LogP) is 3.37. The smallest absolute Gasteiger partial charge is 0.129 e. The molecule has 3 heteroatoms. The molecule has 2 N–H and O–H groups in total. The van der Waals surface area contributed by atoms with Gasteiger partial charge in [-0.3, -0.25) is 0 Å². The van der Waals surface area contributed by atoms with Crippen molar-refractivity contribution in [2.75, 3.05) is 18.0 Å². The monoisotopic (exact) mass is 275 g/mol. The van der Waals surface area contributed by atoms with Crippen LogP contribution in [0.4, 0.5) is 5.82 Å². The topological polar surface area (TPSA) is 42.1 Å². The van der Waals surface area contributed by atoms with Crippen LogP contribution in [0.2, 0.25) is 0 Å². The summed E-state index contributed by atoms with van der Waals surface area (Å²) in [5.74, 6) is 2.79. The molecular weight excluding hydrogens is 246 g/mol. The van der Waals surface area contributed by atoms with Crippen LogP contribution in [0.5, 0.6) is 0 Å². The molecule has 1 fully saturated rings. The largest absolute Gasteiger partial charge is 0.357 e. The third-order valence-electron chi connectivity index (χ3n) is 4.56. The van der Waals surface area contributed by atoms with Gasteiger partial charge in [-0.2, -0.15) is 0 Å². The van der Waals surface area contributed by atoms with Gasteiger partial charge in [-0.05, 0) is 55.2 Å². The number of nitrogens with two attached hydrogens (primary N) is 1. The first kappa shape index (κ1) is 15.3. The van der Waals surface area contributed by atoms with E-state index in [1.165, 1.54) is 24.8 Å². The Morgan fingerprint density at radius 2 is 2.10 bits per heavy atom. The molecule has 1 aliphatic heterocycles. The van der Waals surface area contributed by atoms with Crippen molar-refractivity contribution in [3.05, 3.63) is 23.4 Å². The summed E-state index contributed by atoms with van der Waals surface area (Å²) in [6, 6.07) is 4.31. The quantitative estimate of drug-likeness (QED) is 0.916. The Bertz CT molecular complexity index is 406. The average Bonchev–Trinajstić information content (AvgIpc) is 2.72. The maximum atomic E-state index is 5.82. The molecule has 1 aliphatic rings. The second kappa shape index (κ2) is 7.07. The Hall–Kier alpha value is -1.09. The number of hydrogen-bond donors (Lipinski definition) is 1. The normalized spacial score (nSPS) is 20.2. The Kier molecular flexibility index (Phi) is 5.41. The minimum atomic E-state index is 0.602. The van der Waals surface area contributed by atoms with Crippen LogP contribution >= 0.6 is 0 Å². The number of pyridine rings is 1. The van der Waals surface area contributed by atoms with Crippen molar-refractivity contribution in [3.8, 4) is 0 Å². The maximum Gasteiger partial charge on any atom is 0.129 e. The van der Waals surface area contributed by atoms with E-state index in [-0.39, 0.29) is 0 Å². The number of hydrogen-bond acceptors (Lipinski definition) is 3. The van der Waals surface area contributed by atoms with E-state index >= 15 is 0 Å². The second-order valence-electron chi connectivity index (χ2n) is 6.30. The summed E-state index contributed by atoms with van der Waals surface area (Å²) >= 11 is 0. The summed E-state index contributed by atoms with van der Waals surface area (Å²) in [7, 11) is 0. The van der Waals surface area contributed by atoms with Crippen LogP contribution in [0.1, 0.15) is 51.3 Å². The van der Waals surface area contributed by atoms with Crippen LogP contribution < -0.4 is 10.6 Å². The van der Waals surface area contributed by atoms with E-state index in [1.54, 1.807) is 0 Å². The fraction of sp³-hybridized carbons (Fsp3) is 0.706. The molecule has 20 heavy (non-hydrogen) atoms. The maximum absolute atomic E-state index is 5.82. The van der Waals surface area contributed by atoms with Crippen molar-refractivity contribution in [1.29, 1.82) is 0 Å². The van der Waals surface area contributed by atoms with E-state index < -0.39 is 0 Å². The lowest BCUT2D eigenvalue weighted by molar-refractivity contribution is 0.351. The van der Waals surface area contributed by atoms with Gasteiger partial charge in [0.1, 0.15) is 5.82 Å². The summed E-state index contributed by atoms with van der Waals surface area (Å²) in [5, 5.41) is 0. The number of aromatic nitrogens is 1. The summed E-state index contributed by atoms with van der Waals surface area (Å²) < 4.78 is 0. The molecule has 0 radical (unpaired) electrons. The van der Waals surface area contributed by atoms with Crippen LogP contribution in [-0.4, -0.2) is 18.1 Å². The van der Waals surface area contributed by atoms with Gasteiger partial charge in [0.15, 0.2) is 0 Å². The molecule has 0 saturated carbocycles. The van der Waals surface area contributed by atoms with Crippen LogP contribution in [0.15, 0.2) is 12.1 Å². The van der Waals surface area contributed by atoms with E-state index in [9.17, 15) is 0 Å². The van der Waals surface area contributed by atoms with E-state index in [4.69, 9.17) is 10.7 Å². The molecule has 1 saturated heterocycles. The molecule has 1 atom stereocenters. The van der Waals surface area contributed by atoms with Gasteiger partial charge in [0.05, 0.1) is 0 Å². The predicted molar refractivity (Wildman–Crippen MR) is 85.9 cm³/mol. The zero-order valence-corrected chi connectivity index (χ0v) is 13.2. The molecule has 0 amide bonds. The van der Waals surface area contributed by atoms with Gasteiger partial charge in [0, 0.05) is 25.3 Å². The second-order valence-corrected chi connectivity index (χ2v) is 6.30. The molecule has 1 aromatic rings. The molecule has 1 unspecified atom stereocenters. The molecule has 0 aliphatic carbocycles. The van der Waals surface area contributed by atoms with Crippen LogP contribution in [0, 0.1) is 11.8 Å². The minimum Gasteiger partial charge on any atom is -0.357 e. The van der Waals surface area contributed by atoms with Crippen LogP contribution in [-0.2, 0) is 13.0 Å². The summed E-state index contributed by atoms with van der Waals surface area (Å²) in [5.41, 5.74) is 8.18. The van der Waals surface area contributed by atoms with Crippen molar-refractivity contribution in [2.45, 2.75) is 53.0 Å². The Morgan fingerprint density at radius 1 is 1.30 bits per heavy atom. The lowest BCUT2D eigenvalue weighted by Gasteiger charge is -2.23. The molecular formula is C17H29N3. The number of nitrogens with zero attached hydrogens (tertiary/aromatic N) is 2. The standard InChI is InChI=1S/C17H29N3/c1-4-16-10-14(12-18)11-17(19-16)20-8-5-6-15(7-9-20)13(2)3/h10-11,13,15H,4-9,12,18H2,1-3H3. The summed E-state index contributed by atoms with van der Waals surface area (Å²) in [4.78, 5) is 7.26. The Morgan fingerprint density at radius 3 is 2.75 bits per heavy atom.